The van der Waals surface area contributed by atoms with Crippen molar-refractivity contribution >= 4 is 49.7 Å². The molecule has 2 N–H and O–H groups in total. The zero-order valence-corrected chi connectivity index (χ0v) is 7.66. The summed E-state index contributed by atoms with van der Waals surface area (Å²) in [5.74, 6) is -1.52. The molecule has 0 unspecified atom stereocenters. The van der Waals surface area contributed by atoms with Crippen molar-refractivity contribution in [1.29, 1.82) is 0 Å². The van der Waals surface area contributed by atoms with E-state index in [0.29, 0.717) is 12.8 Å². The van der Waals surface area contributed by atoms with Crippen LogP contribution in [-0.2, 0) is 9.59 Å². The predicted molar refractivity (Wildman–Crippen MR) is 56.1 cm³/mol. The molecule has 0 aliphatic carbocycles. The van der Waals surface area contributed by atoms with E-state index >= 15 is 0 Å². The molecule has 0 atom stereocenters. The molecule has 0 aromatic rings. The van der Waals surface area contributed by atoms with Crippen LogP contribution in [0.5, 0.6) is 0 Å². The third kappa shape index (κ3) is 14.7. The summed E-state index contributed by atoms with van der Waals surface area (Å²) in [6, 6.07) is 0. The van der Waals surface area contributed by atoms with Crippen molar-refractivity contribution in [3.8, 4) is 0 Å². The van der Waals surface area contributed by atoms with Crippen LogP contribution >= 0.6 is 0 Å². The Kier molecular flexibility index (Phi) is 13.4. The van der Waals surface area contributed by atoms with Gasteiger partial charge in [0.1, 0.15) is 0 Å². The van der Waals surface area contributed by atoms with E-state index in [-0.39, 0.29) is 50.6 Å². The van der Waals surface area contributed by atoms with E-state index in [9.17, 15) is 9.59 Å². The Morgan fingerprint density at radius 2 is 1.00 bits per heavy atom. The number of hydrogen-bond donors (Lipinski definition) is 2. The molecule has 4 nitrogen and oxygen atoms in total. The molecule has 0 bridgehead atoms. The summed E-state index contributed by atoms with van der Waals surface area (Å²) in [6.07, 6.45) is 4.53. The zero-order chi connectivity index (χ0) is 10.1. The number of aliphatic carboxylic acids is 2. The fourth-order valence-corrected chi connectivity index (χ4v) is 1.08. The van der Waals surface area contributed by atoms with E-state index in [0.717, 1.165) is 19.3 Å². The third-order valence-corrected chi connectivity index (χ3v) is 1.78. The summed E-state index contributed by atoms with van der Waals surface area (Å²) in [4.78, 5) is 20.2. The second-order valence-corrected chi connectivity index (χ2v) is 3.06. The first kappa shape index (κ1) is 16.6. The van der Waals surface area contributed by atoms with Gasteiger partial charge in [-0.15, -0.1) is 0 Å². The first-order valence-electron chi connectivity index (χ1n) is 4.56. The monoisotopic (exact) mass is 230 g/mol. The van der Waals surface area contributed by atoms with Crippen LogP contribution in [0.4, 0.5) is 0 Å². The number of carbonyl (C=O) groups is 2. The SMILES string of the molecule is O=C(O)CCCCCCCC(=O)O.[CaH2]. The van der Waals surface area contributed by atoms with Gasteiger partial charge in [-0.1, -0.05) is 19.3 Å². The Labute approximate surface area is 114 Å². The third-order valence-electron chi connectivity index (χ3n) is 1.78. The molecule has 0 amide bonds. The summed E-state index contributed by atoms with van der Waals surface area (Å²) in [5.41, 5.74) is 0. The van der Waals surface area contributed by atoms with Gasteiger partial charge in [-0.25, -0.2) is 0 Å². The molecule has 0 aliphatic heterocycles. The summed E-state index contributed by atoms with van der Waals surface area (Å²) < 4.78 is 0. The van der Waals surface area contributed by atoms with Crippen molar-refractivity contribution < 1.29 is 19.8 Å². The van der Waals surface area contributed by atoms with E-state index in [1.807, 2.05) is 0 Å². The fraction of sp³-hybridized carbons (Fsp3) is 0.778. The van der Waals surface area contributed by atoms with Gasteiger partial charge in [-0.05, 0) is 12.8 Å². The molecule has 5 heteroatoms. The second kappa shape index (κ2) is 11.3. The zero-order valence-electron chi connectivity index (χ0n) is 7.66. The molecule has 0 saturated carbocycles. The van der Waals surface area contributed by atoms with Gasteiger partial charge in [0, 0.05) is 12.8 Å². The summed E-state index contributed by atoms with van der Waals surface area (Å²) in [6.45, 7) is 0. The topological polar surface area (TPSA) is 74.6 Å². The molecule has 0 radical (unpaired) electrons. The van der Waals surface area contributed by atoms with Gasteiger partial charge >= 0.3 is 49.7 Å². The van der Waals surface area contributed by atoms with Gasteiger partial charge in [-0.3, -0.25) is 9.59 Å². The van der Waals surface area contributed by atoms with Crippen LogP contribution in [0.25, 0.3) is 0 Å². The number of carboxylic acid groups (broad SMARTS) is 2. The van der Waals surface area contributed by atoms with E-state index in [1.165, 1.54) is 0 Å². The Hall–Kier alpha value is 0.200. The number of carboxylic acids is 2. The average molecular weight is 230 g/mol. The van der Waals surface area contributed by atoms with Gasteiger partial charge in [0.05, 0.1) is 0 Å². The standard InChI is InChI=1S/C9H16O4.Ca.2H/c10-8(11)6-4-2-1-3-5-7-9(12)13;;;/h1-7H2,(H,10,11)(H,12,13);;;. The fourth-order valence-electron chi connectivity index (χ4n) is 1.08. The van der Waals surface area contributed by atoms with Crippen molar-refractivity contribution in [3.63, 3.8) is 0 Å². The molecule has 0 aliphatic rings. The maximum atomic E-state index is 10.1. The van der Waals surface area contributed by atoms with Gasteiger partial charge in [-0.2, -0.15) is 0 Å². The summed E-state index contributed by atoms with van der Waals surface area (Å²) in [5, 5.41) is 16.6. The molecule has 0 rings (SSSR count). The van der Waals surface area contributed by atoms with Crippen molar-refractivity contribution in [1.82, 2.24) is 0 Å². The van der Waals surface area contributed by atoms with Crippen LogP contribution in [0, 0.1) is 0 Å². The molecule has 80 valence electrons. The summed E-state index contributed by atoms with van der Waals surface area (Å²) in [7, 11) is 0. The second-order valence-electron chi connectivity index (χ2n) is 3.06. The normalized spacial score (nSPS) is 9.14. The maximum absolute atomic E-state index is 10.1. The van der Waals surface area contributed by atoms with Gasteiger partial charge < -0.3 is 10.2 Å². The molecular formula is C9H18CaO4. The number of unbranched alkanes of at least 4 members (excludes halogenated alkanes) is 4. The van der Waals surface area contributed by atoms with Crippen LogP contribution in [0.2, 0.25) is 0 Å². The molecule has 0 fully saturated rings. The molecule has 0 heterocycles. The van der Waals surface area contributed by atoms with Crippen LogP contribution < -0.4 is 0 Å². The van der Waals surface area contributed by atoms with Crippen LogP contribution in [0.1, 0.15) is 44.9 Å². The van der Waals surface area contributed by atoms with Gasteiger partial charge in [0.2, 0.25) is 0 Å². The Morgan fingerprint density at radius 1 is 0.714 bits per heavy atom. The molecule has 0 aromatic heterocycles. The van der Waals surface area contributed by atoms with E-state index in [4.69, 9.17) is 10.2 Å². The van der Waals surface area contributed by atoms with Gasteiger partial charge in [0.15, 0.2) is 0 Å². The van der Waals surface area contributed by atoms with Crippen LogP contribution in [-0.4, -0.2) is 59.9 Å². The van der Waals surface area contributed by atoms with Crippen molar-refractivity contribution in [3.05, 3.63) is 0 Å². The Morgan fingerprint density at radius 3 is 1.29 bits per heavy atom. The molecule has 0 saturated heterocycles. The average Bonchev–Trinajstić information content (AvgIpc) is 2.01. The van der Waals surface area contributed by atoms with E-state index in [1.54, 1.807) is 0 Å². The molecule has 0 spiro atoms. The number of hydrogen-bond acceptors (Lipinski definition) is 2. The number of rotatable bonds is 8. The Balaban J connectivity index is 0. The molecule has 14 heavy (non-hydrogen) atoms. The quantitative estimate of drug-likeness (QED) is 0.481. The molecular weight excluding hydrogens is 212 g/mol. The Bertz CT molecular complexity index is 152. The summed E-state index contributed by atoms with van der Waals surface area (Å²) >= 11 is 0. The van der Waals surface area contributed by atoms with E-state index < -0.39 is 11.9 Å². The van der Waals surface area contributed by atoms with Crippen molar-refractivity contribution in [2.75, 3.05) is 0 Å². The first-order chi connectivity index (χ1) is 6.13. The molecule has 0 aromatic carbocycles. The van der Waals surface area contributed by atoms with Crippen LogP contribution in [0.15, 0.2) is 0 Å². The van der Waals surface area contributed by atoms with Gasteiger partial charge in [0.25, 0.3) is 0 Å². The van der Waals surface area contributed by atoms with Crippen molar-refractivity contribution in [2.45, 2.75) is 44.9 Å². The predicted octanol–water partition coefficient (Wildman–Crippen LogP) is 0.970. The van der Waals surface area contributed by atoms with Crippen LogP contribution in [0.3, 0.4) is 0 Å². The minimum absolute atomic E-state index is 0. The van der Waals surface area contributed by atoms with Crippen molar-refractivity contribution in [2.24, 2.45) is 0 Å². The minimum atomic E-state index is -0.759. The van der Waals surface area contributed by atoms with E-state index in [2.05, 4.69) is 0 Å². The first-order valence-corrected chi connectivity index (χ1v) is 4.56.